The number of amides is 3. The lowest BCUT2D eigenvalue weighted by molar-refractivity contribution is -0.149. The van der Waals surface area contributed by atoms with Gasteiger partial charge in [0.2, 0.25) is 5.78 Å². The number of hydrogen-bond acceptors (Lipinski definition) is 5. The van der Waals surface area contributed by atoms with E-state index in [-0.39, 0.29) is 5.78 Å². The summed E-state index contributed by atoms with van der Waals surface area (Å²) in [5.41, 5.74) is 0.771. The minimum Gasteiger partial charge on any atom is -0.453 e. The molecule has 2 aromatic carbocycles. The highest BCUT2D eigenvalue weighted by molar-refractivity contribution is 6.09. The van der Waals surface area contributed by atoms with Gasteiger partial charge in [-0.1, -0.05) is 60.2 Å². The normalized spacial score (nSPS) is 19.6. The minimum absolute atomic E-state index is 0.357. The summed E-state index contributed by atoms with van der Waals surface area (Å²) in [6, 6.07) is 15.0. The van der Waals surface area contributed by atoms with Gasteiger partial charge >= 0.3 is 12.0 Å². The molecule has 0 unspecified atom stereocenters. The highest BCUT2D eigenvalue weighted by Crippen LogP contribution is 2.28. The molecular formula is C22H22N2O5. The smallest absolute Gasteiger partial charge is 0.326 e. The van der Waals surface area contributed by atoms with Crippen LogP contribution in [0.2, 0.25) is 0 Å². The van der Waals surface area contributed by atoms with Crippen LogP contribution in [0.25, 0.3) is 0 Å². The van der Waals surface area contributed by atoms with E-state index < -0.39 is 36.1 Å². The van der Waals surface area contributed by atoms with Gasteiger partial charge < -0.3 is 10.1 Å². The van der Waals surface area contributed by atoms with Crippen molar-refractivity contribution in [2.45, 2.75) is 32.4 Å². The van der Waals surface area contributed by atoms with Gasteiger partial charge in [-0.15, -0.1) is 0 Å². The first kappa shape index (κ1) is 20.3. The molecule has 1 heterocycles. The number of urea groups is 1. The van der Waals surface area contributed by atoms with E-state index in [0.717, 1.165) is 10.5 Å². The Morgan fingerprint density at radius 1 is 1.07 bits per heavy atom. The first-order valence-electron chi connectivity index (χ1n) is 9.22. The number of rotatable bonds is 6. The van der Waals surface area contributed by atoms with Crippen molar-refractivity contribution in [3.8, 4) is 0 Å². The Morgan fingerprint density at radius 2 is 1.69 bits per heavy atom. The fraction of sp³-hybridized carbons (Fsp3) is 0.273. The summed E-state index contributed by atoms with van der Waals surface area (Å²) in [7, 11) is 0. The topological polar surface area (TPSA) is 92.8 Å². The van der Waals surface area contributed by atoms with Crippen LogP contribution in [0, 0.1) is 6.92 Å². The lowest BCUT2D eigenvalue weighted by atomic mass is 9.92. The molecular weight excluding hydrogens is 372 g/mol. The molecule has 29 heavy (non-hydrogen) atoms. The van der Waals surface area contributed by atoms with Crippen molar-refractivity contribution in [1.82, 2.24) is 10.2 Å². The van der Waals surface area contributed by atoms with Gasteiger partial charge in [-0.25, -0.2) is 4.79 Å². The minimum atomic E-state index is -1.26. The third kappa shape index (κ3) is 4.03. The van der Waals surface area contributed by atoms with Crippen molar-refractivity contribution < 1.29 is 23.9 Å². The van der Waals surface area contributed by atoms with Crippen LogP contribution in [-0.4, -0.2) is 41.2 Å². The monoisotopic (exact) mass is 394 g/mol. The number of esters is 1. The maximum Gasteiger partial charge on any atom is 0.326 e. The van der Waals surface area contributed by atoms with E-state index in [9.17, 15) is 19.2 Å². The summed E-state index contributed by atoms with van der Waals surface area (Å²) in [5, 5.41) is 2.62. The van der Waals surface area contributed by atoms with E-state index in [0.29, 0.717) is 11.1 Å². The summed E-state index contributed by atoms with van der Waals surface area (Å²) < 4.78 is 5.17. The van der Waals surface area contributed by atoms with Crippen molar-refractivity contribution >= 4 is 23.7 Å². The lowest BCUT2D eigenvalue weighted by Crippen LogP contribution is -2.42. The molecule has 150 valence electrons. The highest BCUT2D eigenvalue weighted by Gasteiger charge is 2.49. The fourth-order valence-corrected chi connectivity index (χ4v) is 3.18. The van der Waals surface area contributed by atoms with Crippen LogP contribution >= 0.6 is 0 Å². The summed E-state index contributed by atoms with van der Waals surface area (Å²) in [5.74, 6) is -1.74. The zero-order chi connectivity index (χ0) is 21.2. The van der Waals surface area contributed by atoms with E-state index in [1.807, 2.05) is 6.92 Å². The molecule has 1 aliphatic heterocycles. The number of benzene rings is 2. The molecule has 0 aromatic heterocycles. The number of carbonyl (C=O) groups is 4. The highest BCUT2D eigenvalue weighted by atomic mass is 16.5. The van der Waals surface area contributed by atoms with Crippen LogP contribution in [0.5, 0.6) is 0 Å². The Labute approximate surface area is 168 Å². The molecule has 1 fully saturated rings. The Bertz CT molecular complexity index is 955. The van der Waals surface area contributed by atoms with Crippen LogP contribution in [-0.2, 0) is 19.9 Å². The van der Waals surface area contributed by atoms with Gasteiger partial charge in [-0.2, -0.15) is 0 Å². The molecule has 3 amide bonds. The lowest BCUT2D eigenvalue weighted by Gasteiger charge is -2.22. The number of nitrogens with zero attached hydrogens (tertiary/aromatic N) is 1. The quantitative estimate of drug-likeness (QED) is 0.462. The second-order valence-electron chi connectivity index (χ2n) is 7.17. The number of hydrogen-bond donors (Lipinski definition) is 1. The molecule has 0 saturated carbocycles. The maximum absolute atomic E-state index is 12.8. The van der Waals surface area contributed by atoms with Gasteiger partial charge in [0, 0.05) is 5.56 Å². The number of Topliss-reactive ketones (excluding diaryl/α,β-unsaturated/α-hetero) is 1. The summed E-state index contributed by atoms with van der Waals surface area (Å²) in [6.45, 7) is 4.37. The summed E-state index contributed by atoms with van der Waals surface area (Å²) in [6.07, 6.45) is -1.04. The predicted molar refractivity (Wildman–Crippen MR) is 105 cm³/mol. The van der Waals surface area contributed by atoms with Gasteiger partial charge in [0.1, 0.15) is 12.1 Å². The van der Waals surface area contributed by atoms with E-state index in [2.05, 4.69) is 5.32 Å². The molecule has 1 aliphatic rings. The van der Waals surface area contributed by atoms with Gasteiger partial charge in [0.15, 0.2) is 6.10 Å². The third-order valence-electron chi connectivity index (χ3n) is 4.93. The SMILES string of the molecule is Cc1ccc(C(=O)[C@H](C)OC(=O)CN2C(=O)N[C@](C)(c3ccccc3)C2=O)cc1. The fourth-order valence-electron chi connectivity index (χ4n) is 3.18. The van der Waals surface area contributed by atoms with Crippen molar-refractivity contribution in [3.05, 3.63) is 71.3 Å². The van der Waals surface area contributed by atoms with Gasteiger partial charge in [-0.3, -0.25) is 19.3 Å². The Balaban J connectivity index is 1.66. The van der Waals surface area contributed by atoms with Crippen LogP contribution in [0.4, 0.5) is 4.79 Å². The zero-order valence-electron chi connectivity index (χ0n) is 16.5. The molecule has 0 spiro atoms. The Hall–Kier alpha value is -3.48. The maximum atomic E-state index is 12.8. The molecule has 7 heteroatoms. The van der Waals surface area contributed by atoms with Crippen LogP contribution in [0.3, 0.4) is 0 Å². The molecule has 2 atom stereocenters. The standard InChI is InChI=1S/C22H22N2O5/c1-14-9-11-16(12-10-14)19(26)15(2)29-18(25)13-24-20(27)22(3,23-21(24)28)17-7-5-4-6-8-17/h4-12,15H,13H2,1-3H3,(H,23,28)/t15-,22+/m0/s1. The molecule has 1 N–H and O–H groups in total. The second-order valence-corrected chi connectivity index (χ2v) is 7.17. The first-order chi connectivity index (χ1) is 13.7. The molecule has 2 aromatic rings. The predicted octanol–water partition coefficient (Wildman–Crippen LogP) is 2.58. The summed E-state index contributed by atoms with van der Waals surface area (Å²) in [4.78, 5) is 50.6. The largest absolute Gasteiger partial charge is 0.453 e. The number of ether oxygens (including phenoxy) is 1. The van der Waals surface area contributed by atoms with Gasteiger partial charge in [0.25, 0.3) is 5.91 Å². The van der Waals surface area contributed by atoms with Crippen LogP contribution < -0.4 is 5.32 Å². The number of aryl methyl sites for hydroxylation is 1. The van der Waals surface area contributed by atoms with Gasteiger partial charge in [-0.05, 0) is 26.3 Å². The average molecular weight is 394 g/mol. The van der Waals surface area contributed by atoms with E-state index in [1.165, 1.54) is 6.92 Å². The van der Waals surface area contributed by atoms with Gasteiger partial charge in [0.05, 0.1) is 0 Å². The van der Waals surface area contributed by atoms with E-state index in [4.69, 9.17) is 4.74 Å². The molecule has 3 rings (SSSR count). The number of ketones is 1. The first-order valence-corrected chi connectivity index (χ1v) is 9.22. The average Bonchev–Trinajstić information content (AvgIpc) is 2.92. The van der Waals surface area contributed by atoms with E-state index >= 15 is 0 Å². The molecule has 1 saturated heterocycles. The zero-order valence-corrected chi connectivity index (χ0v) is 16.5. The summed E-state index contributed by atoms with van der Waals surface area (Å²) >= 11 is 0. The number of carbonyl (C=O) groups excluding carboxylic acids is 4. The molecule has 0 bridgehead atoms. The Morgan fingerprint density at radius 3 is 2.31 bits per heavy atom. The van der Waals surface area contributed by atoms with Crippen LogP contribution in [0.15, 0.2) is 54.6 Å². The van der Waals surface area contributed by atoms with E-state index in [1.54, 1.807) is 61.5 Å². The Kier molecular flexibility index (Phi) is 5.50. The van der Waals surface area contributed by atoms with Crippen molar-refractivity contribution in [2.24, 2.45) is 0 Å². The van der Waals surface area contributed by atoms with Crippen molar-refractivity contribution in [1.29, 1.82) is 0 Å². The molecule has 0 radical (unpaired) electrons. The van der Waals surface area contributed by atoms with Crippen LogP contribution in [0.1, 0.15) is 35.3 Å². The second kappa shape index (κ2) is 7.87. The third-order valence-corrected chi connectivity index (χ3v) is 4.93. The molecule has 7 nitrogen and oxygen atoms in total. The molecule has 0 aliphatic carbocycles. The van der Waals surface area contributed by atoms with Crippen molar-refractivity contribution in [2.75, 3.05) is 6.54 Å². The van der Waals surface area contributed by atoms with Crippen molar-refractivity contribution in [3.63, 3.8) is 0 Å². The number of imide groups is 1. The number of nitrogens with one attached hydrogen (secondary N) is 1.